The number of carbonyl (C=O) groups excluding carboxylic acids is 2. The fraction of sp³-hybridized carbons (Fsp3) is 0.619. The Balaban J connectivity index is 1.47. The summed E-state index contributed by atoms with van der Waals surface area (Å²) in [4.78, 5) is 30.5. The zero-order chi connectivity index (χ0) is 19.8. The van der Waals surface area contributed by atoms with Crippen LogP contribution in [0.1, 0.15) is 19.3 Å². The van der Waals surface area contributed by atoms with Gasteiger partial charge in [-0.15, -0.1) is 11.8 Å². The molecule has 0 bridgehead atoms. The fourth-order valence-corrected chi connectivity index (χ4v) is 4.62. The summed E-state index contributed by atoms with van der Waals surface area (Å²) in [5.74, 6) is 0.717. The van der Waals surface area contributed by atoms with E-state index in [0.29, 0.717) is 18.9 Å². The normalized spacial score (nSPS) is 24.2. The molecule has 1 aromatic carbocycles. The summed E-state index contributed by atoms with van der Waals surface area (Å²) in [6, 6.07) is 10.1. The molecular formula is C21H31N3O3S. The maximum Gasteiger partial charge on any atom is 0.230 e. The van der Waals surface area contributed by atoms with E-state index in [9.17, 15) is 9.59 Å². The second-order valence-corrected chi connectivity index (χ2v) is 8.70. The molecule has 6 nitrogen and oxygen atoms in total. The van der Waals surface area contributed by atoms with Crippen LogP contribution in [0.15, 0.2) is 35.2 Å². The van der Waals surface area contributed by atoms with Gasteiger partial charge < -0.3 is 19.9 Å². The van der Waals surface area contributed by atoms with Gasteiger partial charge in [0.05, 0.1) is 18.3 Å². The molecule has 1 N–H and O–H groups in total. The van der Waals surface area contributed by atoms with Crippen LogP contribution in [0, 0.1) is 5.92 Å². The summed E-state index contributed by atoms with van der Waals surface area (Å²) < 4.78 is 5.47. The lowest BCUT2D eigenvalue weighted by Crippen LogP contribution is -2.43. The van der Waals surface area contributed by atoms with Crippen LogP contribution in [-0.2, 0) is 14.3 Å². The first-order valence-corrected chi connectivity index (χ1v) is 11.1. The molecule has 2 fully saturated rings. The zero-order valence-electron chi connectivity index (χ0n) is 16.6. The Morgan fingerprint density at radius 1 is 1.14 bits per heavy atom. The van der Waals surface area contributed by atoms with Gasteiger partial charge in [-0.05, 0) is 38.4 Å². The van der Waals surface area contributed by atoms with Gasteiger partial charge in [-0.25, -0.2) is 0 Å². The first-order valence-electron chi connectivity index (χ1n) is 10.1. The topological polar surface area (TPSA) is 61.9 Å². The van der Waals surface area contributed by atoms with Crippen LogP contribution in [0.5, 0.6) is 0 Å². The largest absolute Gasteiger partial charge is 0.380 e. The standard InChI is InChI=1S/C21H31N3O3S/c1-23-14-17(21(26)24-10-5-12-27-13-11-24)8-9-18(15-23)22-20(25)16-28-19-6-3-2-4-7-19/h2-4,6-7,17-18H,5,8-16H2,1H3,(H,22,25)/t17-,18+/m1/s1. The smallest absolute Gasteiger partial charge is 0.230 e. The van der Waals surface area contributed by atoms with E-state index in [4.69, 9.17) is 4.74 Å². The predicted octanol–water partition coefficient (Wildman–Crippen LogP) is 1.85. The van der Waals surface area contributed by atoms with E-state index >= 15 is 0 Å². The Bertz CT molecular complexity index is 635. The minimum atomic E-state index is 0.00342. The first-order chi connectivity index (χ1) is 13.6. The number of nitrogens with zero attached hydrogens (tertiary/aromatic N) is 2. The molecule has 2 saturated heterocycles. The minimum absolute atomic E-state index is 0.00342. The highest BCUT2D eigenvalue weighted by atomic mass is 32.2. The number of nitrogens with one attached hydrogen (secondary N) is 1. The van der Waals surface area contributed by atoms with Crippen molar-refractivity contribution < 1.29 is 14.3 Å². The van der Waals surface area contributed by atoms with Gasteiger partial charge in [-0.3, -0.25) is 9.59 Å². The molecular weight excluding hydrogens is 374 g/mol. The summed E-state index contributed by atoms with van der Waals surface area (Å²) in [7, 11) is 2.04. The predicted molar refractivity (Wildman–Crippen MR) is 111 cm³/mol. The maximum absolute atomic E-state index is 12.9. The van der Waals surface area contributed by atoms with Crippen molar-refractivity contribution in [2.24, 2.45) is 5.92 Å². The molecule has 0 aromatic heterocycles. The second kappa shape index (κ2) is 10.8. The number of thioether (sulfide) groups is 1. The quantitative estimate of drug-likeness (QED) is 0.758. The van der Waals surface area contributed by atoms with Crippen molar-refractivity contribution >= 4 is 23.6 Å². The zero-order valence-corrected chi connectivity index (χ0v) is 17.5. The molecule has 0 saturated carbocycles. The van der Waals surface area contributed by atoms with E-state index in [2.05, 4.69) is 10.2 Å². The molecule has 0 radical (unpaired) electrons. The first kappa shape index (κ1) is 21.1. The highest BCUT2D eigenvalue weighted by Crippen LogP contribution is 2.20. The lowest BCUT2D eigenvalue weighted by molar-refractivity contribution is -0.136. The van der Waals surface area contributed by atoms with Gasteiger partial charge in [-0.2, -0.15) is 0 Å². The second-order valence-electron chi connectivity index (χ2n) is 7.65. The molecule has 3 rings (SSSR count). The summed E-state index contributed by atoms with van der Waals surface area (Å²) in [5.41, 5.74) is 0. The van der Waals surface area contributed by atoms with Crippen molar-refractivity contribution in [2.45, 2.75) is 30.2 Å². The number of ether oxygens (including phenoxy) is 1. The number of hydrogen-bond donors (Lipinski definition) is 1. The van der Waals surface area contributed by atoms with Gasteiger partial charge in [-0.1, -0.05) is 18.2 Å². The van der Waals surface area contributed by atoms with E-state index < -0.39 is 0 Å². The van der Waals surface area contributed by atoms with Crippen LogP contribution < -0.4 is 5.32 Å². The van der Waals surface area contributed by atoms with Crippen LogP contribution in [0.3, 0.4) is 0 Å². The summed E-state index contributed by atoms with van der Waals surface area (Å²) in [5, 5.41) is 3.16. The number of likely N-dealkylation sites (tertiary alicyclic amines) is 1. The molecule has 2 aliphatic heterocycles. The van der Waals surface area contributed by atoms with Crippen molar-refractivity contribution in [3.8, 4) is 0 Å². The Hall–Kier alpha value is -1.57. The van der Waals surface area contributed by atoms with Crippen LogP contribution in [0.4, 0.5) is 0 Å². The molecule has 2 atom stereocenters. The molecule has 28 heavy (non-hydrogen) atoms. The fourth-order valence-electron chi connectivity index (χ4n) is 3.89. The van der Waals surface area contributed by atoms with E-state index in [1.165, 1.54) is 0 Å². The molecule has 1 aromatic rings. The molecule has 154 valence electrons. The third-order valence-corrected chi connectivity index (χ3v) is 6.30. The Morgan fingerprint density at radius 2 is 1.96 bits per heavy atom. The monoisotopic (exact) mass is 405 g/mol. The third kappa shape index (κ3) is 6.50. The summed E-state index contributed by atoms with van der Waals surface area (Å²) in [6.07, 6.45) is 2.57. The number of rotatable bonds is 5. The highest BCUT2D eigenvalue weighted by molar-refractivity contribution is 8.00. The number of hydrogen-bond acceptors (Lipinski definition) is 5. The van der Waals surface area contributed by atoms with Crippen molar-refractivity contribution in [1.29, 1.82) is 0 Å². The summed E-state index contributed by atoms with van der Waals surface area (Å²) >= 11 is 1.55. The van der Waals surface area contributed by atoms with Gasteiger partial charge in [0, 0.05) is 43.7 Å². The van der Waals surface area contributed by atoms with Gasteiger partial charge in [0.15, 0.2) is 0 Å². The lowest BCUT2D eigenvalue weighted by atomic mass is 10.00. The minimum Gasteiger partial charge on any atom is -0.380 e. The SMILES string of the molecule is CN1C[C@@H](NC(=O)CSc2ccccc2)CC[C@@H](C(=O)N2CCCOCC2)C1. The van der Waals surface area contributed by atoms with Gasteiger partial charge in [0.2, 0.25) is 11.8 Å². The van der Waals surface area contributed by atoms with Crippen molar-refractivity contribution in [1.82, 2.24) is 15.1 Å². The Morgan fingerprint density at radius 3 is 2.79 bits per heavy atom. The number of benzene rings is 1. The van der Waals surface area contributed by atoms with E-state index in [1.54, 1.807) is 11.8 Å². The number of carbonyl (C=O) groups is 2. The van der Waals surface area contributed by atoms with Gasteiger partial charge >= 0.3 is 0 Å². The Labute approximate surface area is 172 Å². The molecule has 2 aliphatic rings. The van der Waals surface area contributed by atoms with E-state index in [0.717, 1.165) is 50.4 Å². The van der Waals surface area contributed by atoms with Crippen molar-refractivity contribution in [3.63, 3.8) is 0 Å². The summed E-state index contributed by atoms with van der Waals surface area (Å²) in [6.45, 7) is 4.39. The Kier molecular flexibility index (Phi) is 8.18. The molecule has 2 heterocycles. The molecule has 0 spiro atoms. The van der Waals surface area contributed by atoms with Crippen LogP contribution >= 0.6 is 11.8 Å². The number of amides is 2. The van der Waals surface area contributed by atoms with Crippen molar-refractivity contribution in [2.75, 3.05) is 52.2 Å². The lowest BCUT2D eigenvalue weighted by Gasteiger charge is -2.26. The van der Waals surface area contributed by atoms with Crippen LogP contribution in [0.2, 0.25) is 0 Å². The van der Waals surface area contributed by atoms with Gasteiger partial charge in [0.25, 0.3) is 0 Å². The van der Waals surface area contributed by atoms with E-state index in [1.807, 2.05) is 42.3 Å². The average molecular weight is 406 g/mol. The van der Waals surface area contributed by atoms with Crippen LogP contribution in [-0.4, -0.2) is 79.8 Å². The molecule has 0 unspecified atom stereocenters. The molecule has 0 aliphatic carbocycles. The number of likely N-dealkylation sites (N-methyl/N-ethyl adjacent to an activating group) is 1. The molecule has 7 heteroatoms. The van der Waals surface area contributed by atoms with Gasteiger partial charge in [0.1, 0.15) is 0 Å². The van der Waals surface area contributed by atoms with Crippen molar-refractivity contribution in [3.05, 3.63) is 30.3 Å². The molecule has 2 amide bonds. The third-order valence-electron chi connectivity index (χ3n) is 5.29. The van der Waals surface area contributed by atoms with E-state index in [-0.39, 0.29) is 23.8 Å². The average Bonchev–Trinajstić information content (AvgIpc) is 3.07. The maximum atomic E-state index is 12.9. The van der Waals surface area contributed by atoms with Crippen LogP contribution in [0.25, 0.3) is 0 Å². The highest BCUT2D eigenvalue weighted by Gasteiger charge is 2.30.